The van der Waals surface area contributed by atoms with Crippen LogP contribution in [-0.4, -0.2) is 36.2 Å². The average molecular weight is 394 g/mol. The molecule has 1 aliphatic rings. The number of amides is 1. The molecule has 1 fully saturated rings. The topological polar surface area (TPSA) is 76.4 Å². The molecule has 1 amide bonds. The number of furan rings is 1. The Kier molecular flexibility index (Phi) is 8.18. The number of thiazole rings is 1. The number of halogens is 2. The maximum absolute atomic E-state index is 12.2. The van der Waals surface area contributed by atoms with Gasteiger partial charge >= 0.3 is 0 Å². The average Bonchev–Trinajstić information content (AvgIpc) is 3.14. The van der Waals surface area contributed by atoms with Gasteiger partial charge in [0.1, 0.15) is 17.5 Å². The molecule has 0 spiro atoms. The van der Waals surface area contributed by atoms with Gasteiger partial charge in [-0.25, -0.2) is 4.98 Å². The van der Waals surface area contributed by atoms with Crippen LogP contribution in [0.15, 0.2) is 21.9 Å². The fourth-order valence-electron chi connectivity index (χ4n) is 2.40. The first kappa shape index (κ1) is 20.9. The van der Waals surface area contributed by atoms with Crippen LogP contribution in [0.3, 0.4) is 0 Å². The lowest BCUT2D eigenvalue weighted by Crippen LogP contribution is -2.55. The molecule has 2 N–H and O–H groups in total. The molecule has 1 aliphatic heterocycles. The highest BCUT2D eigenvalue weighted by Gasteiger charge is 2.28. The molecule has 0 unspecified atom stereocenters. The molecule has 0 aliphatic carbocycles. The van der Waals surface area contributed by atoms with Gasteiger partial charge in [0.2, 0.25) is 5.91 Å². The second-order valence-corrected chi connectivity index (χ2v) is 6.31. The minimum atomic E-state index is -0.315. The Bertz CT molecular complexity index is 662. The lowest BCUT2D eigenvalue weighted by atomic mass is 10.1. The normalized spacial score (nSPS) is 19.9. The minimum Gasteiger partial charge on any atom is -0.458 e. The van der Waals surface area contributed by atoms with Gasteiger partial charge in [-0.1, -0.05) is 0 Å². The van der Waals surface area contributed by atoms with Crippen molar-refractivity contribution in [1.29, 1.82) is 0 Å². The Morgan fingerprint density at radius 3 is 2.92 bits per heavy atom. The molecule has 3 heterocycles. The minimum absolute atomic E-state index is 0. The molecule has 0 aromatic carbocycles. The van der Waals surface area contributed by atoms with Crippen LogP contribution in [-0.2, 0) is 16.1 Å². The van der Waals surface area contributed by atoms with E-state index in [0.717, 1.165) is 16.5 Å². The van der Waals surface area contributed by atoms with Crippen molar-refractivity contribution in [3.63, 3.8) is 0 Å². The van der Waals surface area contributed by atoms with E-state index in [-0.39, 0.29) is 42.9 Å². The number of aryl methyl sites for hydroxylation is 1. The Morgan fingerprint density at radius 2 is 2.25 bits per heavy atom. The molecule has 0 bridgehead atoms. The predicted molar refractivity (Wildman–Crippen MR) is 98.1 cm³/mol. The standard InChI is InChI=1S/C15H19N3O3S.2ClH/c1-9-14(16-5-6-20-9)15(19)17-7-11-3-4-13(21-11)12-8-22-10(2)18-12;;/h3-4,8-9,14,16H,5-7H2,1-2H3,(H,17,19);2*1H/t9-,14+;;/m1../s1. The predicted octanol–water partition coefficient (Wildman–Crippen LogP) is 2.55. The summed E-state index contributed by atoms with van der Waals surface area (Å²) < 4.78 is 11.2. The van der Waals surface area contributed by atoms with E-state index in [1.165, 1.54) is 0 Å². The van der Waals surface area contributed by atoms with Gasteiger partial charge in [0.05, 0.1) is 24.3 Å². The zero-order chi connectivity index (χ0) is 15.5. The van der Waals surface area contributed by atoms with E-state index >= 15 is 0 Å². The molecule has 2 aromatic rings. The highest BCUT2D eigenvalue weighted by Crippen LogP contribution is 2.23. The molecule has 24 heavy (non-hydrogen) atoms. The van der Waals surface area contributed by atoms with Crippen LogP contribution in [0.4, 0.5) is 0 Å². The lowest BCUT2D eigenvalue weighted by Gasteiger charge is -2.29. The van der Waals surface area contributed by atoms with E-state index < -0.39 is 0 Å². The van der Waals surface area contributed by atoms with Crippen LogP contribution in [0, 0.1) is 6.92 Å². The van der Waals surface area contributed by atoms with E-state index in [9.17, 15) is 4.79 Å². The zero-order valence-electron chi connectivity index (χ0n) is 13.4. The maximum Gasteiger partial charge on any atom is 0.240 e. The highest BCUT2D eigenvalue weighted by atomic mass is 35.5. The molecule has 6 nitrogen and oxygen atoms in total. The Labute approximate surface area is 157 Å². The van der Waals surface area contributed by atoms with Gasteiger partial charge < -0.3 is 19.8 Å². The molecule has 0 saturated carbocycles. The third-order valence-corrected chi connectivity index (χ3v) is 4.34. The fraction of sp³-hybridized carbons (Fsp3) is 0.467. The van der Waals surface area contributed by atoms with Crippen LogP contribution in [0.2, 0.25) is 0 Å². The monoisotopic (exact) mass is 393 g/mol. The zero-order valence-corrected chi connectivity index (χ0v) is 15.9. The van der Waals surface area contributed by atoms with Gasteiger partial charge in [0, 0.05) is 11.9 Å². The van der Waals surface area contributed by atoms with Crippen LogP contribution < -0.4 is 10.6 Å². The molecule has 3 rings (SSSR count). The number of nitrogens with one attached hydrogen (secondary N) is 2. The SMILES string of the molecule is Cc1nc(-c2ccc(CNC(=O)[C@H]3NCCO[C@@H]3C)o2)cs1.Cl.Cl. The number of ether oxygens (including phenoxy) is 1. The first-order chi connectivity index (χ1) is 10.6. The van der Waals surface area contributed by atoms with Gasteiger partial charge in [-0.3, -0.25) is 4.79 Å². The van der Waals surface area contributed by atoms with Gasteiger partial charge in [-0.05, 0) is 26.0 Å². The van der Waals surface area contributed by atoms with E-state index in [4.69, 9.17) is 9.15 Å². The van der Waals surface area contributed by atoms with Gasteiger partial charge in [-0.15, -0.1) is 36.2 Å². The number of morpholine rings is 1. The number of carbonyl (C=O) groups excluding carboxylic acids is 1. The van der Waals surface area contributed by atoms with Crippen molar-refractivity contribution in [2.45, 2.75) is 32.5 Å². The summed E-state index contributed by atoms with van der Waals surface area (Å²) in [5, 5.41) is 9.00. The number of carbonyl (C=O) groups is 1. The summed E-state index contributed by atoms with van der Waals surface area (Å²) in [7, 11) is 0. The number of aromatic nitrogens is 1. The molecule has 0 radical (unpaired) electrons. The third kappa shape index (κ3) is 4.94. The molecule has 2 atom stereocenters. The third-order valence-electron chi connectivity index (χ3n) is 3.57. The van der Waals surface area contributed by atoms with E-state index in [0.29, 0.717) is 25.5 Å². The van der Waals surface area contributed by atoms with Crippen molar-refractivity contribution in [2.24, 2.45) is 0 Å². The molecule has 1 saturated heterocycles. The van der Waals surface area contributed by atoms with Gasteiger partial charge in [0.15, 0.2) is 5.76 Å². The van der Waals surface area contributed by atoms with Crippen molar-refractivity contribution in [3.8, 4) is 11.5 Å². The highest BCUT2D eigenvalue weighted by molar-refractivity contribution is 7.09. The van der Waals surface area contributed by atoms with Gasteiger partial charge in [-0.2, -0.15) is 0 Å². The summed E-state index contributed by atoms with van der Waals surface area (Å²) in [6.07, 6.45) is -0.126. The van der Waals surface area contributed by atoms with Crippen molar-refractivity contribution in [1.82, 2.24) is 15.6 Å². The van der Waals surface area contributed by atoms with E-state index in [1.54, 1.807) is 11.3 Å². The molecule has 2 aromatic heterocycles. The Balaban J connectivity index is 0.00000144. The van der Waals surface area contributed by atoms with Crippen molar-refractivity contribution in [3.05, 3.63) is 28.3 Å². The number of rotatable bonds is 4. The van der Waals surface area contributed by atoms with E-state index in [2.05, 4.69) is 15.6 Å². The van der Waals surface area contributed by atoms with Crippen molar-refractivity contribution >= 4 is 42.1 Å². The second-order valence-electron chi connectivity index (χ2n) is 5.24. The smallest absolute Gasteiger partial charge is 0.240 e. The summed E-state index contributed by atoms with van der Waals surface area (Å²) in [5.74, 6) is 1.36. The first-order valence-electron chi connectivity index (χ1n) is 7.27. The summed E-state index contributed by atoms with van der Waals surface area (Å²) in [6, 6.07) is 3.42. The van der Waals surface area contributed by atoms with Crippen molar-refractivity contribution in [2.75, 3.05) is 13.2 Å². The second kappa shape index (κ2) is 9.39. The van der Waals surface area contributed by atoms with Crippen LogP contribution >= 0.6 is 36.2 Å². The molecular formula is C15H21Cl2N3O3S. The molecule has 9 heteroatoms. The quantitative estimate of drug-likeness (QED) is 0.834. The van der Waals surface area contributed by atoms with Crippen LogP contribution in [0.1, 0.15) is 17.7 Å². The Morgan fingerprint density at radius 1 is 1.46 bits per heavy atom. The van der Waals surface area contributed by atoms with Gasteiger partial charge in [0.25, 0.3) is 0 Å². The fourth-order valence-corrected chi connectivity index (χ4v) is 3.00. The first-order valence-corrected chi connectivity index (χ1v) is 8.15. The maximum atomic E-state index is 12.2. The molecular weight excluding hydrogens is 373 g/mol. The number of hydrogen-bond donors (Lipinski definition) is 2. The summed E-state index contributed by atoms with van der Waals surface area (Å²) >= 11 is 1.58. The number of hydrogen-bond acceptors (Lipinski definition) is 6. The van der Waals surface area contributed by atoms with Crippen LogP contribution in [0.25, 0.3) is 11.5 Å². The summed E-state index contributed by atoms with van der Waals surface area (Å²) in [5.41, 5.74) is 0.830. The largest absolute Gasteiger partial charge is 0.458 e. The molecule has 134 valence electrons. The van der Waals surface area contributed by atoms with Crippen LogP contribution in [0.5, 0.6) is 0 Å². The summed E-state index contributed by atoms with van der Waals surface area (Å²) in [4.78, 5) is 16.5. The van der Waals surface area contributed by atoms with E-state index in [1.807, 2.05) is 31.4 Å². The Hall–Kier alpha value is -1.12. The number of nitrogens with zero attached hydrogens (tertiary/aromatic N) is 1. The van der Waals surface area contributed by atoms with Crippen molar-refractivity contribution < 1.29 is 13.9 Å². The summed E-state index contributed by atoms with van der Waals surface area (Å²) in [6.45, 7) is 5.54. The lowest BCUT2D eigenvalue weighted by molar-refractivity contribution is -0.129.